The molecule has 1 aliphatic rings. The van der Waals surface area contributed by atoms with Crippen molar-refractivity contribution in [1.82, 2.24) is 10.2 Å². The molecule has 0 radical (unpaired) electrons. The molecule has 1 saturated heterocycles. The average Bonchev–Trinajstić information content (AvgIpc) is 2.43. The fourth-order valence-corrected chi connectivity index (χ4v) is 3.17. The number of hydrogen-bond donors (Lipinski definition) is 1. The maximum atomic E-state index is 3.40. The molecule has 0 aliphatic carbocycles. The predicted octanol–water partition coefficient (Wildman–Crippen LogP) is 3.12. The predicted molar refractivity (Wildman–Crippen MR) is 82.4 cm³/mol. The molecular weight excluding hydrogens is 232 g/mol. The number of nitrogens with zero attached hydrogens (tertiary/aromatic N) is 1. The Morgan fingerprint density at radius 2 is 1.79 bits per heavy atom. The van der Waals surface area contributed by atoms with Gasteiger partial charge in [-0.1, -0.05) is 18.2 Å². The van der Waals surface area contributed by atoms with Gasteiger partial charge >= 0.3 is 0 Å². The van der Waals surface area contributed by atoms with Gasteiger partial charge in [-0.3, -0.25) is 4.90 Å². The van der Waals surface area contributed by atoms with Crippen molar-refractivity contribution in [3.05, 3.63) is 34.9 Å². The molecule has 0 spiro atoms. The van der Waals surface area contributed by atoms with E-state index in [4.69, 9.17) is 0 Å². The van der Waals surface area contributed by atoms with Crippen LogP contribution in [0.25, 0.3) is 0 Å². The fraction of sp³-hybridized carbons (Fsp3) is 0.647. The highest BCUT2D eigenvalue weighted by Gasteiger charge is 2.23. The van der Waals surface area contributed by atoms with E-state index in [1.165, 1.54) is 42.6 Å². The summed E-state index contributed by atoms with van der Waals surface area (Å²) in [7, 11) is 2.08. The number of piperidine rings is 1. The van der Waals surface area contributed by atoms with Crippen LogP contribution >= 0.6 is 0 Å². The SMILES string of the molecule is CNC(C)C1CCN(Cc2c(C)cccc2C)CC1. The monoisotopic (exact) mass is 260 g/mol. The quantitative estimate of drug-likeness (QED) is 0.895. The minimum Gasteiger partial charge on any atom is -0.317 e. The fourth-order valence-electron chi connectivity index (χ4n) is 3.17. The molecule has 19 heavy (non-hydrogen) atoms. The normalized spacial score (nSPS) is 19.6. The molecule has 1 atom stereocenters. The molecule has 1 N–H and O–H groups in total. The first-order valence-electron chi connectivity index (χ1n) is 7.56. The second kappa shape index (κ2) is 6.53. The van der Waals surface area contributed by atoms with E-state index in [0.717, 1.165) is 12.5 Å². The third kappa shape index (κ3) is 3.58. The van der Waals surface area contributed by atoms with Crippen molar-refractivity contribution in [1.29, 1.82) is 0 Å². The summed E-state index contributed by atoms with van der Waals surface area (Å²) in [5.74, 6) is 0.846. The minimum absolute atomic E-state index is 0.655. The van der Waals surface area contributed by atoms with Crippen molar-refractivity contribution in [2.75, 3.05) is 20.1 Å². The molecular formula is C17H28N2. The molecule has 1 aliphatic heterocycles. The second-order valence-electron chi connectivity index (χ2n) is 6.06. The Kier molecular flexibility index (Phi) is 5.00. The molecule has 0 saturated carbocycles. The first-order valence-corrected chi connectivity index (χ1v) is 7.56. The largest absolute Gasteiger partial charge is 0.317 e. The Bertz CT molecular complexity index is 385. The number of aryl methyl sites for hydroxylation is 2. The van der Waals surface area contributed by atoms with Crippen LogP contribution in [0.1, 0.15) is 36.5 Å². The average molecular weight is 260 g/mol. The summed E-state index contributed by atoms with van der Waals surface area (Å²) in [5.41, 5.74) is 4.40. The van der Waals surface area contributed by atoms with Gasteiger partial charge in [0, 0.05) is 12.6 Å². The Balaban J connectivity index is 1.92. The summed E-state index contributed by atoms with van der Waals surface area (Å²) >= 11 is 0. The lowest BCUT2D eigenvalue weighted by molar-refractivity contribution is 0.158. The minimum atomic E-state index is 0.655. The Labute approximate surface area is 118 Å². The zero-order valence-electron chi connectivity index (χ0n) is 12.9. The van der Waals surface area contributed by atoms with Crippen molar-refractivity contribution >= 4 is 0 Å². The maximum absolute atomic E-state index is 3.40. The van der Waals surface area contributed by atoms with Crippen molar-refractivity contribution < 1.29 is 0 Å². The van der Waals surface area contributed by atoms with Crippen molar-refractivity contribution in [2.24, 2.45) is 5.92 Å². The lowest BCUT2D eigenvalue weighted by Gasteiger charge is -2.35. The van der Waals surface area contributed by atoms with Crippen LogP contribution in [0.15, 0.2) is 18.2 Å². The summed E-state index contributed by atoms with van der Waals surface area (Å²) in [4.78, 5) is 2.62. The number of likely N-dealkylation sites (tertiary alicyclic amines) is 1. The smallest absolute Gasteiger partial charge is 0.0238 e. The Hall–Kier alpha value is -0.860. The van der Waals surface area contributed by atoms with Crippen LogP contribution in [0.4, 0.5) is 0 Å². The van der Waals surface area contributed by atoms with E-state index in [1.54, 1.807) is 0 Å². The molecule has 1 aromatic carbocycles. The molecule has 0 aromatic heterocycles. The molecule has 2 nitrogen and oxygen atoms in total. The third-order valence-electron chi connectivity index (χ3n) is 4.82. The Morgan fingerprint density at radius 1 is 1.21 bits per heavy atom. The zero-order chi connectivity index (χ0) is 13.8. The van der Waals surface area contributed by atoms with Crippen LogP contribution in [0, 0.1) is 19.8 Å². The number of benzene rings is 1. The lowest BCUT2D eigenvalue weighted by atomic mass is 9.90. The van der Waals surface area contributed by atoms with Crippen LogP contribution in [0.2, 0.25) is 0 Å². The molecule has 1 unspecified atom stereocenters. The maximum Gasteiger partial charge on any atom is 0.0238 e. The van der Waals surface area contributed by atoms with Crippen LogP contribution in [-0.4, -0.2) is 31.1 Å². The lowest BCUT2D eigenvalue weighted by Crippen LogP contribution is -2.40. The summed E-state index contributed by atoms with van der Waals surface area (Å²) in [6.45, 7) is 10.4. The zero-order valence-corrected chi connectivity index (χ0v) is 12.9. The van der Waals surface area contributed by atoms with E-state index in [2.05, 4.69) is 56.2 Å². The standard InChI is InChI=1S/C17H28N2/c1-13-6-5-7-14(2)17(13)12-19-10-8-16(9-11-19)15(3)18-4/h5-7,15-16,18H,8-12H2,1-4H3. The molecule has 1 fully saturated rings. The van der Waals surface area contributed by atoms with E-state index in [1.807, 2.05) is 0 Å². The van der Waals surface area contributed by atoms with Gasteiger partial charge in [0.15, 0.2) is 0 Å². The van der Waals surface area contributed by atoms with E-state index in [-0.39, 0.29) is 0 Å². The first-order chi connectivity index (χ1) is 9.11. The van der Waals surface area contributed by atoms with E-state index in [0.29, 0.717) is 6.04 Å². The van der Waals surface area contributed by atoms with Crippen molar-refractivity contribution in [3.8, 4) is 0 Å². The van der Waals surface area contributed by atoms with Gasteiger partial charge in [-0.05, 0) is 76.4 Å². The van der Waals surface area contributed by atoms with E-state index in [9.17, 15) is 0 Å². The van der Waals surface area contributed by atoms with Crippen LogP contribution in [0.3, 0.4) is 0 Å². The van der Waals surface area contributed by atoms with E-state index < -0.39 is 0 Å². The Morgan fingerprint density at radius 3 is 2.32 bits per heavy atom. The molecule has 0 amide bonds. The van der Waals surface area contributed by atoms with Gasteiger partial charge in [0.2, 0.25) is 0 Å². The van der Waals surface area contributed by atoms with Crippen LogP contribution in [0.5, 0.6) is 0 Å². The summed E-state index contributed by atoms with van der Waals surface area (Å²) in [5, 5.41) is 3.40. The van der Waals surface area contributed by atoms with E-state index >= 15 is 0 Å². The van der Waals surface area contributed by atoms with Gasteiger partial charge in [0.05, 0.1) is 0 Å². The number of hydrogen-bond acceptors (Lipinski definition) is 2. The van der Waals surface area contributed by atoms with Gasteiger partial charge in [0.25, 0.3) is 0 Å². The molecule has 1 aromatic rings. The second-order valence-corrected chi connectivity index (χ2v) is 6.06. The summed E-state index contributed by atoms with van der Waals surface area (Å²) in [6.07, 6.45) is 2.65. The summed E-state index contributed by atoms with van der Waals surface area (Å²) in [6, 6.07) is 7.29. The highest BCUT2D eigenvalue weighted by atomic mass is 15.1. The highest BCUT2D eigenvalue weighted by molar-refractivity contribution is 5.33. The first kappa shape index (κ1) is 14.5. The number of rotatable bonds is 4. The van der Waals surface area contributed by atoms with Gasteiger partial charge < -0.3 is 5.32 Å². The van der Waals surface area contributed by atoms with Gasteiger partial charge in [-0.25, -0.2) is 0 Å². The van der Waals surface area contributed by atoms with Crippen molar-refractivity contribution in [3.63, 3.8) is 0 Å². The van der Waals surface area contributed by atoms with Gasteiger partial charge in [-0.2, -0.15) is 0 Å². The molecule has 2 heteroatoms. The molecule has 1 heterocycles. The van der Waals surface area contributed by atoms with Crippen LogP contribution in [-0.2, 0) is 6.54 Å². The summed E-state index contributed by atoms with van der Waals surface area (Å²) < 4.78 is 0. The number of nitrogens with one attached hydrogen (secondary N) is 1. The van der Waals surface area contributed by atoms with Gasteiger partial charge in [-0.15, -0.1) is 0 Å². The third-order valence-corrected chi connectivity index (χ3v) is 4.82. The topological polar surface area (TPSA) is 15.3 Å². The highest BCUT2D eigenvalue weighted by Crippen LogP contribution is 2.23. The van der Waals surface area contributed by atoms with Crippen LogP contribution < -0.4 is 5.32 Å². The van der Waals surface area contributed by atoms with Crippen molar-refractivity contribution in [2.45, 2.75) is 46.2 Å². The molecule has 0 bridgehead atoms. The van der Waals surface area contributed by atoms with Gasteiger partial charge in [0.1, 0.15) is 0 Å². The molecule has 2 rings (SSSR count). The molecule has 106 valence electrons.